The van der Waals surface area contributed by atoms with Crippen LogP contribution < -0.4 is 15.8 Å². The van der Waals surface area contributed by atoms with E-state index in [0.29, 0.717) is 11.4 Å². The van der Waals surface area contributed by atoms with Crippen molar-refractivity contribution in [1.29, 1.82) is 0 Å². The van der Waals surface area contributed by atoms with Crippen molar-refractivity contribution in [3.05, 3.63) is 51.8 Å². The minimum atomic E-state index is -0.735. The van der Waals surface area contributed by atoms with E-state index in [1.54, 1.807) is 6.07 Å². The number of nitrogen functional groups attached to an aromatic ring is 1. The van der Waals surface area contributed by atoms with Crippen molar-refractivity contribution in [2.45, 2.75) is 0 Å². The Bertz CT molecular complexity index is 684. The molecule has 0 radical (unpaired) electrons. The number of benzene rings is 2. The number of hydrogen-bond donors (Lipinski definition) is 2. The van der Waals surface area contributed by atoms with Gasteiger partial charge in [-0.3, -0.25) is 4.79 Å². The lowest BCUT2D eigenvalue weighted by Crippen LogP contribution is -2.13. The summed E-state index contributed by atoms with van der Waals surface area (Å²) in [6, 6.07) is 7.16. The highest BCUT2D eigenvalue weighted by atomic mass is 35.5. The lowest BCUT2D eigenvalue weighted by atomic mass is 10.1. The minimum absolute atomic E-state index is 0.179. The van der Waals surface area contributed by atoms with Gasteiger partial charge < -0.3 is 15.8 Å². The van der Waals surface area contributed by atoms with E-state index in [1.165, 1.54) is 31.4 Å². The van der Waals surface area contributed by atoms with Crippen LogP contribution in [0, 0.1) is 5.82 Å². The Kier molecular flexibility index (Phi) is 4.55. The van der Waals surface area contributed by atoms with Gasteiger partial charge in [-0.1, -0.05) is 23.2 Å². The maximum Gasteiger partial charge on any atom is 0.259 e. The van der Waals surface area contributed by atoms with Crippen LogP contribution in [-0.4, -0.2) is 13.0 Å². The fourth-order valence-electron chi connectivity index (χ4n) is 1.72. The number of rotatable bonds is 3. The number of carbonyl (C=O) groups excluding carboxylic acids is 1. The van der Waals surface area contributed by atoms with Crippen molar-refractivity contribution in [2.24, 2.45) is 0 Å². The van der Waals surface area contributed by atoms with Crippen LogP contribution in [0.2, 0.25) is 10.0 Å². The van der Waals surface area contributed by atoms with Crippen molar-refractivity contribution >= 4 is 40.5 Å². The molecule has 0 fully saturated rings. The third-order valence-electron chi connectivity index (χ3n) is 2.71. The highest BCUT2D eigenvalue weighted by Gasteiger charge is 2.14. The van der Waals surface area contributed by atoms with E-state index in [1.807, 2.05) is 0 Å². The van der Waals surface area contributed by atoms with Crippen LogP contribution in [0.25, 0.3) is 0 Å². The molecule has 0 atom stereocenters. The molecule has 0 aliphatic heterocycles. The Balaban J connectivity index is 2.30. The molecule has 2 aromatic carbocycles. The van der Waals surface area contributed by atoms with Gasteiger partial charge in [0, 0.05) is 17.4 Å². The van der Waals surface area contributed by atoms with E-state index in [9.17, 15) is 9.18 Å². The number of nitrogens with two attached hydrogens (primary N) is 1. The first-order valence-corrected chi connectivity index (χ1v) is 6.57. The molecule has 0 heterocycles. The smallest absolute Gasteiger partial charge is 0.259 e. The van der Waals surface area contributed by atoms with Crippen molar-refractivity contribution in [3.63, 3.8) is 0 Å². The predicted octanol–water partition coefficient (Wildman–Crippen LogP) is 3.98. The third-order valence-corrected chi connectivity index (χ3v) is 3.26. The maximum absolute atomic E-state index is 13.3. The number of carbonyl (C=O) groups is 1. The lowest BCUT2D eigenvalue weighted by molar-refractivity contribution is 0.102. The average Bonchev–Trinajstić information content (AvgIpc) is 2.44. The van der Waals surface area contributed by atoms with Gasteiger partial charge in [0.25, 0.3) is 5.91 Å². The summed E-state index contributed by atoms with van der Waals surface area (Å²) in [6.07, 6.45) is 0. The van der Waals surface area contributed by atoms with Crippen LogP contribution in [0.15, 0.2) is 30.3 Å². The van der Waals surface area contributed by atoms with E-state index in [4.69, 9.17) is 33.7 Å². The summed E-state index contributed by atoms with van der Waals surface area (Å²) in [5.74, 6) is -0.862. The van der Waals surface area contributed by atoms with Gasteiger partial charge in [-0.2, -0.15) is 0 Å². The van der Waals surface area contributed by atoms with Crippen LogP contribution in [0.1, 0.15) is 10.4 Å². The lowest BCUT2D eigenvalue weighted by Gasteiger charge is -2.11. The summed E-state index contributed by atoms with van der Waals surface area (Å²) in [4.78, 5) is 12.2. The molecule has 0 saturated heterocycles. The van der Waals surface area contributed by atoms with Gasteiger partial charge in [0.05, 0.1) is 22.7 Å². The van der Waals surface area contributed by atoms with Gasteiger partial charge in [-0.25, -0.2) is 4.39 Å². The summed E-state index contributed by atoms with van der Waals surface area (Å²) in [6.45, 7) is 0. The molecule has 4 nitrogen and oxygen atoms in total. The SMILES string of the molecule is COc1cc(N)ccc1C(=O)Nc1cc(Cl)c(F)c(Cl)c1. The second-order valence-electron chi connectivity index (χ2n) is 4.17. The van der Waals surface area contributed by atoms with Crippen LogP contribution in [0.4, 0.5) is 15.8 Å². The highest BCUT2D eigenvalue weighted by molar-refractivity contribution is 6.35. The van der Waals surface area contributed by atoms with Gasteiger partial charge in [-0.15, -0.1) is 0 Å². The van der Waals surface area contributed by atoms with Crippen molar-refractivity contribution in [3.8, 4) is 5.75 Å². The number of anilines is 2. The largest absolute Gasteiger partial charge is 0.496 e. The fraction of sp³-hybridized carbons (Fsp3) is 0.0714. The second kappa shape index (κ2) is 6.20. The zero-order valence-corrected chi connectivity index (χ0v) is 12.4. The molecule has 0 aliphatic carbocycles. The predicted molar refractivity (Wildman–Crippen MR) is 81.8 cm³/mol. The van der Waals surface area contributed by atoms with E-state index in [-0.39, 0.29) is 21.3 Å². The first-order chi connectivity index (χ1) is 9.92. The molecular weight excluding hydrogens is 318 g/mol. The molecule has 21 heavy (non-hydrogen) atoms. The standard InChI is InChI=1S/C14H11Cl2FN2O2/c1-21-12-4-7(18)2-3-9(12)14(20)19-8-5-10(15)13(17)11(16)6-8/h2-6H,18H2,1H3,(H,19,20). The van der Waals surface area contributed by atoms with Crippen molar-refractivity contribution in [1.82, 2.24) is 0 Å². The van der Waals surface area contributed by atoms with E-state index < -0.39 is 11.7 Å². The van der Waals surface area contributed by atoms with Gasteiger partial charge in [0.15, 0.2) is 5.82 Å². The molecule has 2 rings (SSSR count). The summed E-state index contributed by atoms with van der Waals surface area (Å²) in [5.41, 5.74) is 6.65. The summed E-state index contributed by atoms with van der Waals surface area (Å²) in [5, 5.41) is 2.21. The van der Waals surface area contributed by atoms with E-state index >= 15 is 0 Å². The molecule has 1 amide bonds. The number of amides is 1. The molecule has 7 heteroatoms. The monoisotopic (exact) mass is 328 g/mol. The third kappa shape index (κ3) is 3.37. The van der Waals surface area contributed by atoms with Crippen LogP contribution in [-0.2, 0) is 0 Å². The number of nitrogens with one attached hydrogen (secondary N) is 1. The molecule has 0 unspecified atom stereocenters. The molecular formula is C14H11Cl2FN2O2. The topological polar surface area (TPSA) is 64.3 Å². The Morgan fingerprint density at radius 2 is 1.86 bits per heavy atom. The minimum Gasteiger partial charge on any atom is -0.496 e. The molecule has 0 bridgehead atoms. The molecule has 0 aromatic heterocycles. The van der Waals surface area contributed by atoms with Crippen LogP contribution in [0.5, 0.6) is 5.75 Å². The van der Waals surface area contributed by atoms with Crippen molar-refractivity contribution in [2.75, 3.05) is 18.2 Å². The van der Waals surface area contributed by atoms with Gasteiger partial charge >= 0.3 is 0 Å². The molecule has 0 spiro atoms. The van der Waals surface area contributed by atoms with Gasteiger partial charge in [-0.05, 0) is 24.3 Å². The van der Waals surface area contributed by atoms with Gasteiger partial charge in [0.2, 0.25) is 0 Å². The molecule has 0 aliphatic rings. The maximum atomic E-state index is 13.3. The van der Waals surface area contributed by atoms with Crippen LogP contribution >= 0.6 is 23.2 Å². The zero-order chi connectivity index (χ0) is 15.6. The zero-order valence-electron chi connectivity index (χ0n) is 10.9. The summed E-state index contributed by atoms with van der Waals surface area (Å²) < 4.78 is 18.4. The highest BCUT2D eigenvalue weighted by Crippen LogP contribution is 2.28. The van der Waals surface area contributed by atoms with Crippen LogP contribution in [0.3, 0.4) is 0 Å². The quantitative estimate of drug-likeness (QED) is 0.661. The first-order valence-electron chi connectivity index (χ1n) is 5.81. The van der Waals surface area contributed by atoms with Crippen molar-refractivity contribution < 1.29 is 13.9 Å². The number of hydrogen-bond acceptors (Lipinski definition) is 3. The molecule has 110 valence electrons. The molecule has 2 aromatic rings. The summed E-state index contributed by atoms with van der Waals surface area (Å²) >= 11 is 11.4. The van der Waals surface area contributed by atoms with Gasteiger partial charge in [0.1, 0.15) is 5.75 Å². The number of ether oxygens (including phenoxy) is 1. The fourth-order valence-corrected chi connectivity index (χ4v) is 2.21. The first kappa shape index (κ1) is 15.4. The number of halogens is 3. The molecule has 0 saturated carbocycles. The Morgan fingerprint density at radius 3 is 2.43 bits per heavy atom. The Morgan fingerprint density at radius 1 is 1.24 bits per heavy atom. The number of methoxy groups -OCH3 is 1. The molecule has 3 N–H and O–H groups in total. The van der Waals surface area contributed by atoms with E-state index in [0.717, 1.165) is 0 Å². The Hall–Kier alpha value is -1.98. The average molecular weight is 329 g/mol. The Labute approximate surface area is 130 Å². The second-order valence-corrected chi connectivity index (χ2v) is 4.98. The van der Waals surface area contributed by atoms with E-state index in [2.05, 4.69) is 5.32 Å². The normalized spacial score (nSPS) is 10.3. The summed E-state index contributed by atoms with van der Waals surface area (Å²) in [7, 11) is 1.43.